The van der Waals surface area contributed by atoms with Crippen LogP contribution in [0.2, 0.25) is 10.0 Å². The summed E-state index contributed by atoms with van der Waals surface area (Å²) in [5.41, 5.74) is 7.95. The van der Waals surface area contributed by atoms with Crippen LogP contribution in [0.25, 0.3) is 0 Å². The van der Waals surface area contributed by atoms with Gasteiger partial charge >= 0.3 is 0 Å². The molecule has 0 spiro atoms. The Kier molecular flexibility index (Phi) is 2.60. The first-order valence-corrected chi connectivity index (χ1v) is 5.29. The topological polar surface area (TPSA) is 29.3 Å². The third kappa shape index (κ3) is 1.48. The zero-order valence-corrected chi connectivity index (χ0v) is 9.44. The van der Waals surface area contributed by atoms with Crippen molar-refractivity contribution in [2.45, 2.75) is 5.92 Å². The van der Waals surface area contributed by atoms with Gasteiger partial charge in [0.15, 0.2) is 0 Å². The highest BCUT2D eigenvalue weighted by Crippen LogP contribution is 2.41. The van der Waals surface area contributed by atoms with Gasteiger partial charge in [0.25, 0.3) is 0 Å². The molecule has 2 nitrogen and oxygen atoms in total. The van der Waals surface area contributed by atoms with Crippen LogP contribution in [0.1, 0.15) is 11.5 Å². The van der Waals surface area contributed by atoms with Crippen LogP contribution < -0.4 is 10.6 Å². The summed E-state index contributed by atoms with van der Waals surface area (Å²) in [6.07, 6.45) is 0. The first-order valence-electron chi connectivity index (χ1n) is 4.53. The molecule has 0 amide bonds. The minimum Gasteiger partial charge on any atom is -0.372 e. The van der Waals surface area contributed by atoms with Crippen LogP contribution in [0.15, 0.2) is 12.1 Å². The van der Waals surface area contributed by atoms with Crippen molar-refractivity contribution in [2.75, 3.05) is 25.0 Å². The van der Waals surface area contributed by atoms with Gasteiger partial charge < -0.3 is 10.6 Å². The number of hydrogen-bond acceptors (Lipinski definition) is 2. The van der Waals surface area contributed by atoms with E-state index in [0.717, 1.165) is 12.2 Å². The Morgan fingerprint density at radius 3 is 2.86 bits per heavy atom. The Balaban J connectivity index is 2.56. The maximum Gasteiger partial charge on any atom is 0.0657 e. The molecule has 76 valence electrons. The van der Waals surface area contributed by atoms with Gasteiger partial charge in [-0.25, -0.2) is 0 Å². The van der Waals surface area contributed by atoms with Crippen LogP contribution in [-0.2, 0) is 0 Å². The second-order valence-electron chi connectivity index (χ2n) is 3.64. The van der Waals surface area contributed by atoms with Gasteiger partial charge in [-0.15, -0.1) is 0 Å². The van der Waals surface area contributed by atoms with Gasteiger partial charge in [0.2, 0.25) is 0 Å². The van der Waals surface area contributed by atoms with E-state index in [2.05, 4.69) is 4.90 Å². The average molecular weight is 231 g/mol. The van der Waals surface area contributed by atoms with Gasteiger partial charge in [0.1, 0.15) is 0 Å². The van der Waals surface area contributed by atoms with Crippen molar-refractivity contribution in [3.05, 3.63) is 27.7 Å². The SMILES string of the molecule is CN1CC(CN)c2cc(Cl)cc(Cl)c21. The Labute approximate surface area is 93.6 Å². The summed E-state index contributed by atoms with van der Waals surface area (Å²) >= 11 is 12.1. The summed E-state index contributed by atoms with van der Waals surface area (Å²) < 4.78 is 0. The number of rotatable bonds is 1. The van der Waals surface area contributed by atoms with Crippen LogP contribution in [0.5, 0.6) is 0 Å². The van der Waals surface area contributed by atoms with Crippen molar-refractivity contribution in [3.63, 3.8) is 0 Å². The van der Waals surface area contributed by atoms with Crippen molar-refractivity contribution in [3.8, 4) is 0 Å². The fraction of sp³-hybridized carbons (Fsp3) is 0.400. The lowest BCUT2D eigenvalue weighted by Gasteiger charge is -2.13. The van der Waals surface area contributed by atoms with Gasteiger partial charge in [0, 0.05) is 31.1 Å². The quantitative estimate of drug-likeness (QED) is 0.804. The van der Waals surface area contributed by atoms with Gasteiger partial charge in [-0.05, 0) is 17.7 Å². The molecule has 0 fully saturated rings. The third-order valence-electron chi connectivity index (χ3n) is 2.66. The first kappa shape index (κ1) is 10.1. The van der Waals surface area contributed by atoms with Crippen LogP contribution in [0.3, 0.4) is 0 Å². The molecular formula is C10H12Cl2N2. The predicted molar refractivity (Wildman–Crippen MR) is 61.5 cm³/mol. The van der Waals surface area contributed by atoms with Crippen LogP contribution in [0, 0.1) is 0 Å². The molecule has 0 bridgehead atoms. The number of anilines is 1. The molecule has 1 aliphatic rings. The molecule has 2 rings (SSSR count). The average Bonchev–Trinajstić information content (AvgIpc) is 2.42. The van der Waals surface area contributed by atoms with E-state index in [1.807, 2.05) is 13.1 Å². The molecule has 1 aromatic carbocycles. The molecule has 1 unspecified atom stereocenters. The number of hydrogen-bond donors (Lipinski definition) is 1. The van der Waals surface area contributed by atoms with Crippen molar-refractivity contribution in [2.24, 2.45) is 5.73 Å². The minimum atomic E-state index is 0.353. The second-order valence-corrected chi connectivity index (χ2v) is 4.48. The lowest BCUT2D eigenvalue weighted by molar-refractivity contribution is 0.730. The largest absolute Gasteiger partial charge is 0.372 e. The van der Waals surface area contributed by atoms with E-state index in [9.17, 15) is 0 Å². The summed E-state index contributed by atoms with van der Waals surface area (Å²) in [7, 11) is 2.02. The number of nitrogens with two attached hydrogens (primary N) is 1. The van der Waals surface area contributed by atoms with Crippen LogP contribution in [-0.4, -0.2) is 20.1 Å². The summed E-state index contributed by atoms with van der Waals surface area (Å²) in [6, 6.07) is 3.74. The number of halogens is 2. The lowest BCUT2D eigenvalue weighted by atomic mass is 10.0. The van der Waals surface area contributed by atoms with Crippen molar-refractivity contribution < 1.29 is 0 Å². The zero-order chi connectivity index (χ0) is 10.3. The smallest absolute Gasteiger partial charge is 0.0657 e. The maximum atomic E-state index is 6.13. The zero-order valence-electron chi connectivity index (χ0n) is 7.93. The number of likely N-dealkylation sites (N-methyl/N-ethyl adjacent to an activating group) is 1. The second kappa shape index (κ2) is 3.61. The molecule has 0 saturated carbocycles. The standard InChI is InChI=1S/C10H12Cl2N2/c1-14-5-6(4-13)8-2-7(11)3-9(12)10(8)14/h2-3,6H,4-5,13H2,1H3. The van der Waals surface area contributed by atoms with Crippen molar-refractivity contribution >= 4 is 28.9 Å². The Morgan fingerprint density at radius 1 is 1.50 bits per heavy atom. The molecule has 2 N–H and O–H groups in total. The summed E-state index contributed by atoms with van der Waals surface area (Å²) in [5, 5.41) is 1.40. The molecule has 0 aliphatic carbocycles. The Hall–Kier alpha value is -0.440. The van der Waals surface area contributed by atoms with Crippen LogP contribution >= 0.6 is 23.2 Å². The third-order valence-corrected chi connectivity index (χ3v) is 3.16. The van der Waals surface area contributed by atoms with Gasteiger partial charge in [-0.3, -0.25) is 0 Å². The minimum absolute atomic E-state index is 0.353. The fourth-order valence-electron chi connectivity index (χ4n) is 2.02. The molecular weight excluding hydrogens is 219 g/mol. The summed E-state index contributed by atoms with van der Waals surface area (Å²) in [4.78, 5) is 2.13. The number of nitrogens with zero attached hydrogens (tertiary/aromatic N) is 1. The summed E-state index contributed by atoms with van der Waals surface area (Å²) in [6.45, 7) is 1.56. The molecule has 0 saturated heterocycles. The van der Waals surface area contributed by atoms with E-state index in [0.29, 0.717) is 22.5 Å². The van der Waals surface area contributed by atoms with Crippen molar-refractivity contribution in [1.82, 2.24) is 0 Å². The molecule has 4 heteroatoms. The number of benzene rings is 1. The van der Waals surface area contributed by atoms with Crippen molar-refractivity contribution in [1.29, 1.82) is 0 Å². The fourth-order valence-corrected chi connectivity index (χ4v) is 2.67. The monoisotopic (exact) mass is 230 g/mol. The van der Waals surface area contributed by atoms with Gasteiger partial charge in [-0.2, -0.15) is 0 Å². The van der Waals surface area contributed by atoms with E-state index in [1.165, 1.54) is 5.56 Å². The highest BCUT2D eigenvalue weighted by molar-refractivity contribution is 6.36. The first-order chi connectivity index (χ1) is 6.63. The molecule has 0 radical (unpaired) electrons. The molecule has 1 aliphatic heterocycles. The van der Waals surface area contributed by atoms with E-state index >= 15 is 0 Å². The van der Waals surface area contributed by atoms with Gasteiger partial charge in [-0.1, -0.05) is 23.2 Å². The van der Waals surface area contributed by atoms with Crippen LogP contribution in [0.4, 0.5) is 5.69 Å². The molecule has 0 aromatic heterocycles. The molecule has 1 aromatic rings. The van der Waals surface area contributed by atoms with E-state index in [1.54, 1.807) is 6.07 Å². The molecule has 1 atom stereocenters. The maximum absolute atomic E-state index is 6.13. The van der Waals surface area contributed by atoms with Gasteiger partial charge in [0.05, 0.1) is 10.7 Å². The summed E-state index contributed by atoms with van der Waals surface area (Å²) in [5.74, 6) is 0.353. The van der Waals surface area contributed by atoms with E-state index < -0.39 is 0 Å². The Bertz CT molecular complexity index is 365. The highest BCUT2D eigenvalue weighted by atomic mass is 35.5. The normalized spacial score (nSPS) is 20.0. The van der Waals surface area contributed by atoms with E-state index in [4.69, 9.17) is 28.9 Å². The lowest BCUT2D eigenvalue weighted by Crippen LogP contribution is -2.20. The molecule has 14 heavy (non-hydrogen) atoms. The highest BCUT2D eigenvalue weighted by Gasteiger charge is 2.27. The Morgan fingerprint density at radius 2 is 2.21 bits per heavy atom. The molecule has 1 heterocycles. The number of fused-ring (bicyclic) bond motifs is 1. The van der Waals surface area contributed by atoms with E-state index in [-0.39, 0.29) is 0 Å². The predicted octanol–water partition coefficient (Wildman–Crippen LogP) is 2.49.